The van der Waals surface area contributed by atoms with Gasteiger partial charge in [-0.25, -0.2) is 0 Å². The van der Waals surface area contributed by atoms with Gasteiger partial charge in [-0.05, 0) is 73.0 Å². The highest BCUT2D eigenvalue weighted by molar-refractivity contribution is 5.70. The number of nitrogens with zero attached hydrogens (tertiary/aromatic N) is 4. The molecule has 6 nitrogen and oxygen atoms in total. The highest BCUT2D eigenvalue weighted by atomic mass is 16.5. The van der Waals surface area contributed by atoms with Gasteiger partial charge >= 0.3 is 0 Å². The first-order valence-electron chi connectivity index (χ1n) is 13.1. The summed E-state index contributed by atoms with van der Waals surface area (Å²) < 4.78 is 10.8. The van der Waals surface area contributed by atoms with Crippen LogP contribution in [0.4, 0.5) is 11.4 Å². The predicted octanol–water partition coefficient (Wildman–Crippen LogP) is 6.84. The molecule has 3 aliphatic carbocycles. The molecule has 0 heterocycles. The lowest BCUT2D eigenvalue weighted by molar-refractivity contribution is 0.299. The fourth-order valence-electron chi connectivity index (χ4n) is 6.07. The van der Waals surface area contributed by atoms with Crippen molar-refractivity contribution in [3.8, 4) is 24.0 Å². The Labute approximate surface area is 230 Å². The van der Waals surface area contributed by atoms with Crippen LogP contribution in [0, 0.1) is 57.2 Å². The monoisotopic (exact) mass is 514 g/mol. The van der Waals surface area contributed by atoms with E-state index in [9.17, 15) is 15.8 Å². The largest absolute Gasteiger partial charge is 0.497 e. The van der Waals surface area contributed by atoms with Gasteiger partial charge < -0.3 is 14.4 Å². The minimum absolute atomic E-state index is 0.0405. The number of hydrogen-bond donors (Lipinski definition) is 0. The summed E-state index contributed by atoms with van der Waals surface area (Å²) in [6, 6.07) is 23.3. The van der Waals surface area contributed by atoms with Crippen molar-refractivity contribution in [1.29, 1.82) is 15.8 Å². The normalized spacial score (nSPS) is 27.0. The zero-order valence-corrected chi connectivity index (χ0v) is 22.3. The van der Waals surface area contributed by atoms with Crippen LogP contribution in [0.25, 0.3) is 6.08 Å². The summed E-state index contributed by atoms with van der Waals surface area (Å²) in [4.78, 5) is 2.29. The zero-order chi connectivity index (χ0) is 27.6. The minimum Gasteiger partial charge on any atom is -0.497 e. The smallest absolute Gasteiger partial charge is 0.119 e. The van der Waals surface area contributed by atoms with Crippen LogP contribution in [0.3, 0.4) is 0 Å². The van der Waals surface area contributed by atoms with Gasteiger partial charge in [0, 0.05) is 39.8 Å². The molecule has 0 bridgehead atoms. The van der Waals surface area contributed by atoms with E-state index in [1.807, 2.05) is 54.6 Å². The Morgan fingerprint density at radius 2 is 1.69 bits per heavy atom. The molecule has 0 aromatic heterocycles. The Balaban J connectivity index is 1.48. The number of rotatable bonds is 7. The number of fused-ring (bicyclic) bond motifs is 1. The van der Waals surface area contributed by atoms with Gasteiger partial charge in [0.1, 0.15) is 11.5 Å². The summed E-state index contributed by atoms with van der Waals surface area (Å²) in [7, 11) is 3.34. The average molecular weight is 515 g/mol. The summed E-state index contributed by atoms with van der Waals surface area (Å²) in [5, 5.41) is 29.5. The van der Waals surface area contributed by atoms with E-state index in [4.69, 9.17) is 9.47 Å². The van der Waals surface area contributed by atoms with Crippen LogP contribution in [0.1, 0.15) is 25.3 Å². The first-order valence-corrected chi connectivity index (χ1v) is 13.1. The molecule has 5 unspecified atom stereocenters. The van der Waals surface area contributed by atoms with E-state index in [0.29, 0.717) is 24.0 Å². The molecule has 0 amide bonds. The van der Waals surface area contributed by atoms with Crippen molar-refractivity contribution in [3.05, 3.63) is 95.3 Å². The number of nitriles is 3. The Morgan fingerprint density at radius 3 is 2.26 bits per heavy atom. The predicted molar refractivity (Wildman–Crippen MR) is 150 cm³/mol. The zero-order valence-electron chi connectivity index (χ0n) is 22.3. The summed E-state index contributed by atoms with van der Waals surface area (Å²) >= 11 is 0. The van der Waals surface area contributed by atoms with Crippen molar-refractivity contribution >= 4 is 17.5 Å². The van der Waals surface area contributed by atoms with E-state index in [1.54, 1.807) is 14.2 Å². The van der Waals surface area contributed by atoms with Crippen molar-refractivity contribution in [2.45, 2.75) is 25.8 Å². The van der Waals surface area contributed by atoms with Crippen LogP contribution in [-0.4, -0.2) is 20.3 Å². The number of benzene rings is 2. The van der Waals surface area contributed by atoms with Gasteiger partial charge in [0.15, 0.2) is 0 Å². The summed E-state index contributed by atoms with van der Waals surface area (Å²) in [6.07, 6.45) is 11.2. The van der Waals surface area contributed by atoms with Crippen LogP contribution in [0.15, 0.2) is 89.7 Å². The molecule has 1 saturated carbocycles. The van der Waals surface area contributed by atoms with E-state index in [1.165, 1.54) is 0 Å². The molecule has 5 rings (SSSR count). The third-order valence-corrected chi connectivity index (χ3v) is 8.27. The Hall–Kier alpha value is -4.73. The number of anilines is 2. The van der Waals surface area contributed by atoms with E-state index < -0.39 is 5.41 Å². The molecule has 1 fully saturated rings. The second-order valence-corrected chi connectivity index (χ2v) is 10.3. The molecule has 3 aliphatic rings. The maximum absolute atomic E-state index is 10.1. The Morgan fingerprint density at radius 1 is 1.00 bits per heavy atom. The first kappa shape index (κ1) is 25.9. The fourth-order valence-corrected chi connectivity index (χ4v) is 6.07. The van der Waals surface area contributed by atoms with Crippen LogP contribution in [0.5, 0.6) is 5.75 Å². The third kappa shape index (κ3) is 4.58. The molecule has 2 aromatic rings. The lowest BCUT2D eigenvalue weighted by atomic mass is 9.74. The second-order valence-electron chi connectivity index (χ2n) is 10.3. The fraction of sp³-hybridized carbons (Fsp3) is 0.303. The van der Waals surface area contributed by atoms with E-state index >= 15 is 0 Å². The van der Waals surface area contributed by atoms with Gasteiger partial charge in [-0.1, -0.05) is 31.2 Å². The summed E-state index contributed by atoms with van der Waals surface area (Å²) in [6.45, 7) is 2.17. The molecule has 0 radical (unpaired) electrons. The van der Waals surface area contributed by atoms with Gasteiger partial charge in [-0.3, -0.25) is 0 Å². The molecule has 0 N–H and O–H groups in total. The maximum Gasteiger partial charge on any atom is 0.119 e. The van der Waals surface area contributed by atoms with E-state index in [-0.39, 0.29) is 23.8 Å². The third-order valence-electron chi connectivity index (χ3n) is 8.27. The standard InChI is InChI=1S/C33H30N4O2/c1-22-16-30(39-3)14-15-32(22)37(28-10-12-29(38-2)13-11-28)27-8-4-23(5-9-27)17-26(21-36)33-18-31(33)24(19-34)6-7-25(33)20-35/h4-6,8-17,22,25,31-32H,7,18H2,1-3H3/b26-17+. The number of hydrogen-bond acceptors (Lipinski definition) is 6. The van der Waals surface area contributed by atoms with Crippen molar-refractivity contribution in [2.75, 3.05) is 19.1 Å². The van der Waals surface area contributed by atoms with Crippen LogP contribution in [0.2, 0.25) is 0 Å². The lowest BCUT2D eigenvalue weighted by Gasteiger charge is -2.36. The highest BCUT2D eigenvalue weighted by Gasteiger charge is 2.64. The molecule has 194 valence electrons. The molecule has 0 saturated heterocycles. The van der Waals surface area contributed by atoms with Gasteiger partial charge in [0.05, 0.1) is 44.4 Å². The molecular weight excluding hydrogens is 484 g/mol. The molecule has 0 aliphatic heterocycles. The van der Waals surface area contributed by atoms with E-state index in [0.717, 1.165) is 28.4 Å². The van der Waals surface area contributed by atoms with Crippen molar-refractivity contribution in [3.63, 3.8) is 0 Å². The number of methoxy groups -OCH3 is 2. The maximum atomic E-state index is 10.1. The molecular formula is C33H30N4O2. The van der Waals surface area contributed by atoms with Crippen LogP contribution < -0.4 is 9.64 Å². The molecule has 6 heteroatoms. The van der Waals surface area contributed by atoms with Crippen molar-refractivity contribution in [1.82, 2.24) is 0 Å². The van der Waals surface area contributed by atoms with Gasteiger partial charge in [0.2, 0.25) is 0 Å². The number of ether oxygens (including phenoxy) is 2. The van der Waals surface area contributed by atoms with E-state index in [2.05, 4.69) is 54.3 Å². The van der Waals surface area contributed by atoms with Crippen LogP contribution in [-0.2, 0) is 4.74 Å². The van der Waals surface area contributed by atoms with Crippen molar-refractivity contribution in [2.24, 2.45) is 23.2 Å². The lowest BCUT2D eigenvalue weighted by Crippen LogP contribution is -2.35. The van der Waals surface area contributed by atoms with Crippen molar-refractivity contribution < 1.29 is 9.47 Å². The SMILES string of the molecule is COC1=CC(C)C(N(c2ccc(/C=C(\C#N)C34CC3C(C#N)=CCC4C#N)cc2)c2ccc(OC)cc2)C=C1. The molecule has 39 heavy (non-hydrogen) atoms. The average Bonchev–Trinajstić information content (AvgIpc) is 3.74. The van der Waals surface area contributed by atoms with Gasteiger partial charge in [-0.2, -0.15) is 15.8 Å². The van der Waals surface area contributed by atoms with Crippen LogP contribution >= 0.6 is 0 Å². The van der Waals surface area contributed by atoms with Gasteiger partial charge in [0.25, 0.3) is 0 Å². The Bertz CT molecular complexity index is 1500. The Kier molecular flexibility index (Phi) is 7.02. The molecule has 5 atom stereocenters. The quantitative estimate of drug-likeness (QED) is 0.375. The molecule has 0 spiro atoms. The van der Waals surface area contributed by atoms with Gasteiger partial charge in [-0.15, -0.1) is 0 Å². The summed E-state index contributed by atoms with van der Waals surface area (Å²) in [5.41, 5.74) is 3.67. The number of allylic oxidation sites excluding steroid dienone is 4. The second kappa shape index (κ2) is 10.6. The minimum atomic E-state index is -0.551. The highest BCUT2D eigenvalue weighted by Crippen LogP contribution is 2.68. The molecule has 2 aromatic carbocycles. The first-order chi connectivity index (χ1) is 19.0. The topological polar surface area (TPSA) is 93.1 Å². The summed E-state index contributed by atoms with van der Waals surface area (Å²) in [5.74, 6) is 1.51.